The van der Waals surface area contributed by atoms with E-state index >= 15 is 0 Å². The first-order chi connectivity index (χ1) is 12.5. The van der Waals surface area contributed by atoms with Gasteiger partial charge in [-0.05, 0) is 36.9 Å². The van der Waals surface area contributed by atoms with Crippen molar-refractivity contribution in [1.82, 2.24) is 14.7 Å². The number of thioether (sulfide) groups is 1. The Morgan fingerprint density at radius 3 is 2.42 bits per heavy atom. The van der Waals surface area contributed by atoms with Gasteiger partial charge in [0.2, 0.25) is 5.91 Å². The van der Waals surface area contributed by atoms with E-state index in [0.29, 0.717) is 11.9 Å². The number of carbonyl (C=O) groups excluding carboxylic acids is 1. The second-order valence-corrected chi connectivity index (χ2v) is 7.07. The van der Waals surface area contributed by atoms with Crippen LogP contribution in [0.15, 0.2) is 58.2 Å². The predicted octanol–water partition coefficient (Wildman–Crippen LogP) is 3.09. The minimum absolute atomic E-state index is 0.0656. The summed E-state index contributed by atoms with van der Waals surface area (Å²) >= 11 is 1.68. The first kappa shape index (κ1) is 18.2. The number of nitrogens with zero attached hydrogens (tertiary/aromatic N) is 3. The van der Waals surface area contributed by atoms with Gasteiger partial charge in [-0.3, -0.25) is 9.59 Å². The van der Waals surface area contributed by atoms with Gasteiger partial charge in [0, 0.05) is 23.9 Å². The van der Waals surface area contributed by atoms with E-state index in [-0.39, 0.29) is 18.0 Å². The topological polar surface area (TPSA) is 55.2 Å². The van der Waals surface area contributed by atoms with Gasteiger partial charge in [-0.1, -0.05) is 30.3 Å². The van der Waals surface area contributed by atoms with Crippen molar-refractivity contribution in [3.8, 4) is 0 Å². The Bertz CT molecular complexity index is 996. The molecule has 5 nitrogen and oxygen atoms in total. The van der Waals surface area contributed by atoms with Crippen molar-refractivity contribution in [2.24, 2.45) is 0 Å². The van der Waals surface area contributed by atoms with Gasteiger partial charge < -0.3 is 4.90 Å². The lowest BCUT2D eigenvalue weighted by molar-refractivity contribution is -0.131. The summed E-state index contributed by atoms with van der Waals surface area (Å²) in [6, 6.07) is 15.4. The van der Waals surface area contributed by atoms with Crippen LogP contribution in [0.2, 0.25) is 0 Å². The number of rotatable bonds is 5. The number of likely N-dealkylation sites (N-methyl/N-ethyl adjacent to an activating group) is 1. The van der Waals surface area contributed by atoms with Gasteiger partial charge in [0.05, 0.1) is 11.1 Å². The minimum atomic E-state index is -0.239. The van der Waals surface area contributed by atoms with Crippen LogP contribution in [0.1, 0.15) is 11.3 Å². The number of fused-ring (bicyclic) bond motifs is 1. The van der Waals surface area contributed by atoms with Gasteiger partial charge in [0.25, 0.3) is 5.56 Å². The van der Waals surface area contributed by atoms with Crippen LogP contribution in [0.3, 0.4) is 0 Å². The van der Waals surface area contributed by atoms with Crippen LogP contribution in [-0.4, -0.2) is 33.9 Å². The maximum absolute atomic E-state index is 12.6. The summed E-state index contributed by atoms with van der Waals surface area (Å²) in [5.41, 5.74) is 1.55. The third-order valence-electron chi connectivity index (χ3n) is 4.34. The molecule has 1 amide bonds. The Morgan fingerprint density at radius 2 is 1.77 bits per heavy atom. The highest BCUT2D eigenvalue weighted by atomic mass is 32.2. The van der Waals surface area contributed by atoms with Crippen molar-refractivity contribution in [2.75, 3.05) is 13.3 Å². The molecular weight excluding hydrogens is 346 g/mol. The largest absolute Gasteiger partial charge is 0.340 e. The highest BCUT2D eigenvalue weighted by Gasteiger charge is 2.14. The number of aromatic nitrogens is 2. The van der Waals surface area contributed by atoms with Crippen LogP contribution < -0.4 is 5.56 Å². The maximum Gasteiger partial charge on any atom is 0.275 e. The van der Waals surface area contributed by atoms with Crippen LogP contribution in [0.5, 0.6) is 0 Å². The molecule has 0 unspecified atom stereocenters. The quantitative estimate of drug-likeness (QED) is 0.650. The Labute approximate surface area is 156 Å². The van der Waals surface area contributed by atoms with E-state index < -0.39 is 0 Å². The first-order valence-electron chi connectivity index (χ1n) is 8.33. The van der Waals surface area contributed by atoms with Crippen molar-refractivity contribution >= 4 is 28.4 Å². The van der Waals surface area contributed by atoms with Crippen LogP contribution in [0, 0.1) is 6.92 Å². The zero-order valence-corrected chi connectivity index (χ0v) is 15.9. The maximum atomic E-state index is 12.6. The van der Waals surface area contributed by atoms with E-state index in [1.807, 2.05) is 55.6 Å². The zero-order chi connectivity index (χ0) is 18.7. The fraction of sp³-hybridized carbons (Fsp3) is 0.250. The molecule has 1 heterocycles. The number of hydrogen-bond donors (Lipinski definition) is 0. The van der Waals surface area contributed by atoms with Crippen molar-refractivity contribution in [3.05, 3.63) is 70.1 Å². The number of aryl methyl sites for hydroxylation is 1. The summed E-state index contributed by atoms with van der Waals surface area (Å²) in [4.78, 5) is 28.0. The summed E-state index contributed by atoms with van der Waals surface area (Å²) in [6.45, 7) is 2.28. The van der Waals surface area contributed by atoms with E-state index in [1.165, 1.54) is 9.58 Å². The van der Waals surface area contributed by atoms with E-state index in [0.717, 1.165) is 16.6 Å². The molecule has 0 N–H and O–H groups in total. The van der Waals surface area contributed by atoms with E-state index in [9.17, 15) is 9.59 Å². The summed E-state index contributed by atoms with van der Waals surface area (Å²) in [5, 5.41) is 5.72. The van der Waals surface area contributed by atoms with Gasteiger partial charge in [0.1, 0.15) is 6.54 Å². The highest BCUT2D eigenvalue weighted by Crippen LogP contribution is 2.16. The number of amides is 1. The molecular formula is C20H21N3O2S. The molecule has 0 bridgehead atoms. The molecule has 0 aliphatic carbocycles. The molecule has 3 aromatic rings. The zero-order valence-electron chi connectivity index (χ0n) is 15.1. The molecule has 2 aromatic carbocycles. The van der Waals surface area contributed by atoms with Crippen molar-refractivity contribution in [2.45, 2.75) is 24.9 Å². The highest BCUT2D eigenvalue weighted by molar-refractivity contribution is 7.98. The fourth-order valence-electron chi connectivity index (χ4n) is 2.85. The van der Waals surface area contributed by atoms with Crippen LogP contribution in [0.4, 0.5) is 0 Å². The lowest BCUT2D eigenvalue weighted by Gasteiger charge is -2.18. The predicted molar refractivity (Wildman–Crippen MR) is 105 cm³/mol. The summed E-state index contributed by atoms with van der Waals surface area (Å²) in [7, 11) is 1.74. The molecule has 0 spiro atoms. The second-order valence-electron chi connectivity index (χ2n) is 6.19. The second kappa shape index (κ2) is 7.74. The Hall–Kier alpha value is -2.60. The number of hydrogen-bond acceptors (Lipinski definition) is 4. The molecule has 0 saturated heterocycles. The van der Waals surface area contributed by atoms with E-state index in [2.05, 4.69) is 5.10 Å². The summed E-state index contributed by atoms with van der Waals surface area (Å²) in [6.07, 6.45) is 2.03. The molecule has 134 valence electrons. The lowest BCUT2D eigenvalue weighted by Crippen LogP contribution is -2.35. The lowest BCUT2D eigenvalue weighted by atomic mass is 10.1. The number of carbonyl (C=O) groups is 1. The monoisotopic (exact) mass is 367 g/mol. The molecule has 6 heteroatoms. The van der Waals surface area contributed by atoms with Gasteiger partial charge in [-0.25, -0.2) is 4.68 Å². The van der Waals surface area contributed by atoms with Gasteiger partial charge >= 0.3 is 0 Å². The third kappa shape index (κ3) is 3.80. The molecule has 0 saturated carbocycles. The molecule has 0 aliphatic heterocycles. The van der Waals surface area contributed by atoms with Gasteiger partial charge in [-0.15, -0.1) is 11.8 Å². The minimum Gasteiger partial charge on any atom is -0.340 e. The Balaban J connectivity index is 1.77. The molecule has 0 radical (unpaired) electrons. The fourth-order valence-corrected chi connectivity index (χ4v) is 3.26. The molecule has 0 aliphatic rings. The normalized spacial score (nSPS) is 10.9. The van der Waals surface area contributed by atoms with E-state index in [1.54, 1.807) is 29.8 Å². The van der Waals surface area contributed by atoms with Crippen LogP contribution in [-0.2, 0) is 17.9 Å². The van der Waals surface area contributed by atoms with Gasteiger partial charge in [-0.2, -0.15) is 5.10 Å². The van der Waals surface area contributed by atoms with Crippen LogP contribution >= 0.6 is 11.8 Å². The summed E-state index contributed by atoms with van der Waals surface area (Å²) < 4.78 is 1.26. The van der Waals surface area contributed by atoms with E-state index in [4.69, 9.17) is 0 Å². The smallest absolute Gasteiger partial charge is 0.275 e. The molecule has 0 fully saturated rings. The summed E-state index contributed by atoms with van der Waals surface area (Å²) in [5.74, 6) is -0.150. The van der Waals surface area contributed by atoms with Crippen LogP contribution in [0.25, 0.3) is 10.8 Å². The molecule has 26 heavy (non-hydrogen) atoms. The first-order valence-corrected chi connectivity index (χ1v) is 9.55. The SMILES string of the molecule is CSc1ccc(CN(C)C(=O)Cn2nc(C)c3ccccc3c2=O)cc1. The molecule has 0 atom stereocenters. The van der Waals surface area contributed by atoms with Crippen molar-refractivity contribution in [1.29, 1.82) is 0 Å². The molecule has 1 aromatic heterocycles. The van der Waals surface area contributed by atoms with Crippen molar-refractivity contribution in [3.63, 3.8) is 0 Å². The Kier molecular flexibility index (Phi) is 5.42. The van der Waals surface area contributed by atoms with Gasteiger partial charge in [0.15, 0.2) is 0 Å². The van der Waals surface area contributed by atoms with Crippen molar-refractivity contribution < 1.29 is 4.79 Å². The average Bonchev–Trinajstić information content (AvgIpc) is 2.66. The third-order valence-corrected chi connectivity index (χ3v) is 5.09. The average molecular weight is 367 g/mol. The Morgan fingerprint density at radius 1 is 1.12 bits per heavy atom. The number of benzene rings is 2. The molecule has 3 rings (SSSR count). The standard InChI is InChI=1S/C20H21N3O2S/c1-14-17-6-4-5-7-18(17)20(25)23(21-14)13-19(24)22(2)12-15-8-10-16(26-3)11-9-15/h4-11H,12-13H2,1-3H3.